The van der Waals surface area contributed by atoms with Crippen molar-refractivity contribution in [3.05, 3.63) is 23.3 Å². The molecule has 0 atom stereocenters. The molecule has 7 nitrogen and oxygen atoms in total. The first-order valence-electron chi connectivity index (χ1n) is 5.19. The Kier molecular flexibility index (Phi) is 3.97. The maximum absolute atomic E-state index is 10.6. The lowest BCUT2D eigenvalue weighted by molar-refractivity contribution is 0.247. The maximum Gasteiger partial charge on any atom is 0.312 e. The Morgan fingerprint density at radius 1 is 1.47 bits per heavy atom. The smallest absolute Gasteiger partial charge is 0.312 e. The summed E-state index contributed by atoms with van der Waals surface area (Å²) in [4.78, 5) is 14.8. The number of hydrogen-bond donors (Lipinski definition) is 4. The van der Waals surface area contributed by atoms with E-state index < -0.39 is 6.03 Å². The fourth-order valence-electron chi connectivity index (χ4n) is 1.33. The number of thiocarbonyl (C=S) groups is 1. The van der Waals surface area contributed by atoms with Gasteiger partial charge in [-0.15, -0.1) is 11.3 Å². The number of furan rings is 1. The molecule has 2 amide bonds. The first kappa shape index (κ1) is 13.3. The second kappa shape index (κ2) is 5.67. The van der Waals surface area contributed by atoms with Crippen molar-refractivity contribution < 1.29 is 9.21 Å². The Balaban J connectivity index is 2.07. The number of amides is 2. The molecule has 2 aromatic heterocycles. The zero-order valence-electron chi connectivity index (χ0n) is 9.67. The van der Waals surface area contributed by atoms with Crippen LogP contribution in [0.4, 0.5) is 9.93 Å². The molecule has 0 aromatic carbocycles. The number of carbonyl (C=O) groups excluding carboxylic acids is 1. The monoisotopic (exact) mass is 297 g/mol. The average Bonchev–Trinajstić information content (AvgIpc) is 2.93. The molecule has 0 radical (unpaired) electrons. The lowest BCUT2D eigenvalue weighted by atomic mass is 10.3. The van der Waals surface area contributed by atoms with E-state index in [1.165, 1.54) is 11.3 Å². The first-order valence-corrected chi connectivity index (χ1v) is 6.48. The van der Waals surface area contributed by atoms with Crippen LogP contribution in [0.15, 0.2) is 21.9 Å². The van der Waals surface area contributed by atoms with Crippen molar-refractivity contribution in [3.63, 3.8) is 0 Å². The number of rotatable bonds is 4. The Morgan fingerprint density at radius 2 is 2.26 bits per heavy atom. The van der Waals surface area contributed by atoms with Crippen molar-refractivity contribution in [1.82, 2.24) is 10.3 Å². The van der Waals surface area contributed by atoms with Gasteiger partial charge in [0.15, 0.2) is 16.0 Å². The summed E-state index contributed by atoms with van der Waals surface area (Å²) in [6, 6.07) is 2.90. The molecule has 19 heavy (non-hydrogen) atoms. The van der Waals surface area contributed by atoms with E-state index in [1.807, 2.05) is 5.38 Å². The molecule has 0 aliphatic rings. The number of hydrogen-bond acceptors (Lipinski definition) is 5. The highest BCUT2D eigenvalue weighted by Gasteiger charge is 2.09. The van der Waals surface area contributed by atoms with Crippen LogP contribution in [0.25, 0.3) is 11.5 Å². The van der Waals surface area contributed by atoms with Gasteiger partial charge in [0.1, 0.15) is 11.5 Å². The van der Waals surface area contributed by atoms with E-state index in [-0.39, 0.29) is 11.7 Å². The van der Waals surface area contributed by atoms with E-state index in [0.717, 1.165) is 0 Å². The topological polar surface area (TPSA) is 119 Å². The number of nitrogens with one attached hydrogen (secondary N) is 2. The molecular weight excluding hydrogens is 286 g/mol. The molecule has 6 N–H and O–H groups in total. The summed E-state index contributed by atoms with van der Waals surface area (Å²) in [7, 11) is 0. The molecule has 2 aromatic rings. The predicted octanol–water partition coefficient (Wildman–Crippen LogP) is 1.23. The summed E-state index contributed by atoms with van der Waals surface area (Å²) in [5.74, 6) is 1.18. The zero-order chi connectivity index (χ0) is 13.8. The van der Waals surface area contributed by atoms with Gasteiger partial charge in [0.05, 0.1) is 6.54 Å². The standard InChI is InChI=1S/C10H11N5O2S2/c11-8(16)13-3-5-1-2-7(17-5)6-4-19-10(14-6)15-9(12)18/h1-2,4H,3H2,(H3,11,13,16)(H3,12,14,15,18). The summed E-state index contributed by atoms with van der Waals surface area (Å²) in [5, 5.41) is 7.74. The van der Waals surface area contributed by atoms with Crippen LogP contribution >= 0.6 is 23.6 Å². The third-order valence-electron chi connectivity index (χ3n) is 2.09. The molecule has 0 aliphatic carbocycles. The van der Waals surface area contributed by atoms with Crippen LogP contribution in [0.5, 0.6) is 0 Å². The minimum Gasteiger partial charge on any atom is -0.458 e. The van der Waals surface area contributed by atoms with Crippen molar-refractivity contribution in [2.75, 3.05) is 5.32 Å². The van der Waals surface area contributed by atoms with Gasteiger partial charge < -0.3 is 26.5 Å². The highest BCUT2D eigenvalue weighted by molar-refractivity contribution is 7.80. The van der Waals surface area contributed by atoms with Crippen molar-refractivity contribution in [2.24, 2.45) is 11.5 Å². The molecule has 0 spiro atoms. The van der Waals surface area contributed by atoms with Gasteiger partial charge in [0, 0.05) is 5.38 Å². The summed E-state index contributed by atoms with van der Waals surface area (Å²) < 4.78 is 5.52. The average molecular weight is 297 g/mol. The second-order valence-corrected chi connectivity index (χ2v) is 4.81. The van der Waals surface area contributed by atoms with Gasteiger partial charge in [-0.1, -0.05) is 0 Å². The van der Waals surface area contributed by atoms with E-state index in [2.05, 4.69) is 15.6 Å². The third kappa shape index (κ3) is 3.66. The van der Waals surface area contributed by atoms with Crippen LogP contribution < -0.4 is 22.1 Å². The molecule has 100 valence electrons. The normalized spacial score (nSPS) is 10.1. The van der Waals surface area contributed by atoms with Gasteiger partial charge in [-0.25, -0.2) is 9.78 Å². The van der Waals surface area contributed by atoms with Crippen molar-refractivity contribution in [3.8, 4) is 11.5 Å². The summed E-state index contributed by atoms with van der Waals surface area (Å²) in [6.45, 7) is 0.234. The number of primary amides is 1. The largest absolute Gasteiger partial charge is 0.458 e. The molecule has 2 rings (SSSR count). The van der Waals surface area contributed by atoms with Crippen molar-refractivity contribution >= 4 is 39.8 Å². The van der Waals surface area contributed by atoms with Crippen LogP contribution in [0.2, 0.25) is 0 Å². The van der Waals surface area contributed by atoms with Gasteiger partial charge in [-0.2, -0.15) is 0 Å². The van der Waals surface area contributed by atoms with Crippen LogP contribution in [0.3, 0.4) is 0 Å². The maximum atomic E-state index is 10.6. The zero-order valence-corrected chi connectivity index (χ0v) is 11.3. The molecule has 9 heteroatoms. The number of aromatic nitrogens is 1. The van der Waals surface area contributed by atoms with E-state index >= 15 is 0 Å². The van der Waals surface area contributed by atoms with Crippen LogP contribution in [-0.4, -0.2) is 16.1 Å². The van der Waals surface area contributed by atoms with E-state index in [4.69, 9.17) is 28.1 Å². The molecule has 0 bridgehead atoms. The Bertz CT molecular complexity index is 607. The lowest BCUT2D eigenvalue weighted by Gasteiger charge is -1.97. The minimum absolute atomic E-state index is 0.159. The van der Waals surface area contributed by atoms with Gasteiger partial charge in [-0.3, -0.25) is 0 Å². The minimum atomic E-state index is -0.602. The molecule has 0 aliphatic heterocycles. The Morgan fingerprint density at radius 3 is 2.95 bits per heavy atom. The molecule has 0 saturated carbocycles. The molecular formula is C10H11N5O2S2. The number of carbonyl (C=O) groups is 1. The lowest BCUT2D eigenvalue weighted by Crippen LogP contribution is -2.28. The van der Waals surface area contributed by atoms with Gasteiger partial charge in [0.2, 0.25) is 0 Å². The number of anilines is 1. The summed E-state index contributed by atoms with van der Waals surface area (Å²) in [5.41, 5.74) is 11.0. The van der Waals surface area contributed by atoms with E-state index in [9.17, 15) is 4.79 Å². The van der Waals surface area contributed by atoms with Crippen molar-refractivity contribution in [1.29, 1.82) is 0 Å². The number of nitrogens with two attached hydrogens (primary N) is 2. The summed E-state index contributed by atoms with van der Waals surface area (Å²) >= 11 is 6.09. The number of urea groups is 1. The Labute approximate surface area is 118 Å². The SMILES string of the molecule is NC(=O)NCc1ccc(-c2csc(NC(N)=S)n2)o1. The number of nitrogens with zero attached hydrogens (tertiary/aromatic N) is 1. The number of thiazole rings is 1. The molecule has 0 unspecified atom stereocenters. The van der Waals surface area contributed by atoms with Crippen LogP contribution in [0.1, 0.15) is 5.76 Å². The third-order valence-corrected chi connectivity index (χ3v) is 2.95. The van der Waals surface area contributed by atoms with Crippen molar-refractivity contribution in [2.45, 2.75) is 6.54 Å². The second-order valence-electron chi connectivity index (χ2n) is 3.51. The highest BCUT2D eigenvalue weighted by Crippen LogP contribution is 2.26. The fourth-order valence-corrected chi connectivity index (χ4v) is 2.21. The molecule has 0 saturated heterocycles. The predicted molar refractivity (Wildman–Crippen MR) is 76.6 cm³/mol. The molecule has 2 heterocycles. The van der Waals surface area contributed by atoms with Crippen LogP contribution in [-0.2, 0) is 6.54 Å². The van der Waals surface area contributed by atoms with E-state index in [1.54, 1.807) is 12.1 Å². The van der Waals surface area contributed by atoms with Gasteiger partial charge >= 0.3 is 6.03 Å². The van der Waals surface area contributed by atoms with Gasteiger partial charge in [0.25, 0.3) is 0 Å². The van der Waals surface area contributed by atoms with E-state index in [0.29, 0.717) is 22.3 Å². The Hall–Kier alpha value is -2.13. The van der Waals surface area contributed by atoms with Gasteiger partial charge in [-0.05, 0) is 24.4 Å². The fraction of sp³-hybridized carbons (Fsp3) is 0.100. The first-order chi connectivity index (χ1) is 9.04. The quantitative estimate of drug-likeness (QED) is 0.630. The highest BCUT2D eigenvalue weighted by atomic mass is 32.1. The summed E-state index contributed by atoms with van der Waals surface area (Å²) in [6.07, 6.45) is 0. The molecule has 0 fully saturated rings. The van der Waals surface area contributed by atoms with Crippen LogP contribution in [0, 0.1) is 0 Å².